The Labute approximate surface area is 151 Å². The Balaban J connectivity index is 1.55. The summed E-state index contributed by atoms with van der Waals surface area (Å²) in [5.41, 5.74) is 0.971. The predicted molar refractivity (Wildman–Crippen MR) is 96.5 cm³/mol. The van der Waals surface area contributed by atoms with E-state index in [1.54, 1.807) is 23.2 Å². The van der Waals surface area contributed by atoms with Crippen LogP contribution in [0.15, 0.2) is 36.5 Å². The second-order valence-electron chi connectivity index (χ2n) is 7.21. The summed E-state index contributed by atoms with van der Waals surface area (Å²) in [5, 5.41) is 4.20. The number of carbonyl (C=O) groups excluding carboxylic acids is 2. The van der Waals surface area contributed by atoms with E-state index in [4.69, 9.17) is 0 Å². The molecule has 1 N–H and O–H groups in total. The number of hydrogen-bond donors (Lipinski definition) is 1. The van der Waals surface area contributed by atoms with Gasteiger partial charge in [-0.1, -0.05) is 12.1 Å². The van der Waals surface area contributed by atoms with Crippen LogP contribution >= 0.6 is 0 Å². The van der Waals surface area contributed by atoms with Gasteiger partial charge in [0.25, 0.3) is 5.91 Å². The summed E-state index contributed by atoms with van der Waals surface area (Å²) >= 11 is 0. The van der Waals surface area contributed by atoms with Crippen LogP contribution in [0.1, 0.15) is 42.5 Å². The van der Waals surface area contributed by atoms with Gasteiger partial charge in [0.1, 0.15) is 0 Å². The zero-order valence-corrected chi connectivity index (χ0v) is 14.6. The van der Waals surface area contributed by atoms with Gasteiger partial charge in [-0.15, -0.1) is 0 Å². The third kappa shape index (κ3) is 2.83. The predicted octanol–water partition coefficient (Wildman–Crippen LogP) is 2.85. The van der Waals surface area contributed by atoms with Gasteiger partial charge in [0, 0.05) is 23.7 Å². The van der Waals surface area contributed by atoms with Crippen LogP contribution in [0.2, 0.25) is 0 Å². The molecule has 2 aliphatic rings. The number of carbonyl (C=O) groups is 2. The van der Waals surface area contributed by atoms with E-state index >= 15 is 0 Å². The van der Waals surface area contributed by atoms with Gasteiger partial charge >= 0.3 is 0 Å². The molecule has 0 spiro atoms. The molecule has 6 heteroatoms. The summed E-state index contributed by atoms with van der Waals surface area (Å²) in [6.07, 6.45) is 5.04. The fraction of sp³-hybridized carbons (Fsp3) is 0.450. The van der Waals surface area contributed by atoms with Crippen molar-refractivity contribution in [3.8, 4) is 0 Å². The monoisotopic (exact) mass is 355 g/mol. The first-order valence-electron chi connectivity index (χ1n) is 9.16. The lowest BCUT2D eigenvalue weighted by molar-refractivity contribution is -0.132. The van der Waals surface area contributed by atoms with Crippen LogP contribution in [-0.2, 0) is 4.79 Å². The van der Waals surface area contributed by atoms with Gasteiger partial charge in [-0.2, -0.15) is 0 Å². The molecule has 2 amide bonds. The maximum atomic E-state index is 12.9. The summed E-state index contributed by atoms with van der Waals surface area (Å²) in [5.74, 6) is -0.283. The van der Waals surface area contributed by atoms with Gasteiger partial charge in [0.2, 0.25) is 5.91 Å². The Morgan fingerprint density at radius 3 is 3.04 bits per heavy atom. The van der Waals surface area contributed by atoms with Crippen LogP contribution in [0.5, 0.6) is 0 Å². The second-order valence-corrected chi connectivity index (χ2v) is 7.21. The highest BCUT2D eigenvalue weighted by Crippen LogP contribution is 2.42. The molecule has 2 heterocycles. The van der Waals surface area contributed by atoms with E-state index in [1.807, 2.05) is 18.2 Å². The highest BCUT2D eigenvalue weighted by Gasteiger charge is 2.52. The van der Waals surface area contributed by atoms with Gasteiger partial charge < -0.3 is 10.2 Å². The first-order chi connectivity index (χ1) is 12.6. The molecule has 1 saturated carbocycles. The molecular weight excluding hydrogens is 333 g/mol. The first-order valence-corrected chi connectivity index (χ1v) is 9.16. The Kier molecular flexibility index (Phi) is 4.34. The van der Waals surface area contributed by atoms with E-state index in [0.29, 0.717) is 12.1 Å². The summed E-state index contributed by atoms with van der Waals surface area (Å²) in [4.78, 5) is 31.2. The van der Waals surface area contributed by atoms with Gasteiger partial charge in [-0.3, -0.25) is 19.0 Å². The molecule has 5 nitrogen and oxygen atoms in total. The number of pyridine rings is 1. The third-order valence-electron chi connectivity index (χ3n) is 5.77. The van der Waals surface area contributed by atoms with Gasteiger partial charge in [0.05, 0.1) is 30.2 Å². The molecule has 1 aromatic carbocycles. The maximum absolute atomic E-state index is 12.9. The summed E-state index contributed by atoms with van der Waals surface area (Å²) in [6, 6.07) is 9.30. The number of nitrogens with one attached hydrogen (secondary N) is 1. The van der Waals surface area contributed by atoms with Crippen molar-refractivity contribution < 1.29 is 14.0 Å². The van der Waals surface area contributed by atoms with Crippen molar-refractivity contribution in [3.63, 3.8) is 0 Å². The van der Waals surface area contributed by atoms with Gasteiger partial charge in [-0.25, -0.2) is 0 Å². The van der Waals surface area contributed by atoms with Gasteiger partial charge in [0.15, 0.2) is 0 Å². The molecule has 2 fully saturated rings. The van der Waals surface area contributed by atoms with E-state index in [1.165, 1.54) is 0 Å². The fourth-order valence-electron chi connectivity index (χ4n) is 4.51. The number of fused-ring (bicyclic) bond motifs is 2. The zero-order chi connectivity index (χ0) is 18.1. The number of halogens is 1. The molecular formula is C20H22FN3O2. The molecule has 0 radical (unpaired) electrons. The van der Waals surface area contributed by atoms with Crippen molar-refractivity contribution in [1.82, 2.24) is 15.2 Å². The SMILES string of the molecule is O=C(N[C@@]12CCC[C@@H]1N(C(=O)CCF)CC2)c1ccc2cccnc2c1. The third-order valence-corrected chi connectivity index (χ3v) is 5.77. The van der Waals surface area contributed by atoms with Crippen molar-refractivity contribution in [2.24, 2.45) is 0 Å². The molecule has 0 unspecified atom stereocenters. The quantitative estimate of drug-likeness (QED) is 0.917. The molecule has 1 aliphatic carbocycles. The summed E-state index contributed by atoms with van der Waals surface area (Å²) in [6.45, 7) is -0.0471. The van der Waals surface area contributed by atoms with Crippen molar-refractivity contribution >= 4 is 22.7 Å². The second kappa shape index (κ2) is 6.67. The summed E-state index contributed by atoms with van der Waals surface area (Å²) in [7, 11) is 0. The molecule has 26 heavy (non-hydrogen) atoms. The van der Waals surface area contributed by atoms with Crippen LogP contribution in [-0.4, -0.2) is 46.5 Å². The van der Waals surface area contributed by atoms with Crippen LogP contribution in [0, 0.1) is 0 Å². The van der Waals surface area contributed by atoms with Gasteiger partial charge in [-0.05, 0) is 43.9 Å². The minimum atomic E-state index is -0.633. The minimum absolute atomic E-state index is 0.0240. The van der Waals surface area contributed by atoms with E-state index in [-0.39, 0.29) is 29.8 Å². The Bertz CT molecular complexity index is 856. The molecule has 1 aromatic heterocycles. The maximum Gasteiger partial charge on any atom is 0.251 e. The minimum Gasteiger partial charge on any atom is -0.344 e. The topological polar surface area (TPSA) is 62.3 Å². The highest BCUT2D eigenvalue weighted by molar-refractivity contribution is 5.98. The van der Waals surface area contributed by atoms with E-state index in [9.17, 15) is 14.0 Å². The Hall–Kier alpha value is -2.50. The van der Waals surface area contributed by atoms with Crippen LogP contribution in [0.3, 0.4) is 0 Å². The van der Waals surface area contributed by atoms with Crippen LogP contribution in [0.4, 0.5) is 4.39 Å². The lowest BCUT2D eigenvalue weighted by Crippen LogP contribution is -2.54. The lowest BCUT2D eigenvalue weighted by Gasteiger charge is -2.33. The molecule has 1 saturated heterocycles. The number of benzene rings is 1. The molecule has 1 aliphatic heterocycles. The molecule has 2 atom stereocenters. The lowest BCUT2D eigenvalue weighted by atomic mass is 9.92. The largest absolute Gasteiger partial charge is 0.344 e. The number of amides is 2. The van der Waals surface area contributed by atoms with E-state index in [2.05, 4.69) is 10.3 Å². The van der Waals surface area contributed by atoms with Crippen molar-refractivity contribution in [2.75, 3.05) is 13.2 Å². The average molecular weight is 355 g/mol. The number of rotatable bonds is 4. The number of nitrogens with zero attached hydrogens (tertiary/aromatic N) is 2. The number of aromatic nitrogens is 1. The number of alkyl halides is 1. The number of hydrogen-bond acceptors (Lipinski definition) is 3. The first kappa shape index (κ1) is 16.9. The normalized spacial score (nSPS) is 24.7. The van der Waals surface area contributed by atoms with Crippen molar-refractivity contribution in [1.29, 1.82) is 0 Å². The van der Waals surface area contributed by atoms with Crippen molar-refractivity contribution in [2.45, 2.75) is 43.7 Å². The van der Waals surface area contributed by atoms with Crippen LogP contribution in [0.25, 0.3) is 10.9 Å². The molecule has 0 bridgehead atoms. The Morgan fingerprint density at radius 1 is 1.31 bits per heavy atom. The summed E-state index contributed by atoms with van der Waals surface area (Å²) < 4.78 is 12.6. The highest BCUT2D eigenvalue weighted by atomic mass is 19.1. The van der Waals surface area contributed by atoms with E-state index in [0.717, 1.165) is 36.6 Å². The standard InChI is InChI=1S/C20H22FN3O2/c21-10-7-18(25)24-12-9-20(8-1-4-17(20)24)23-19(26)15-6-5-14-3-2-11-22-16(14)13-15/h2-3,5-6,11,13,17H,1,4,7-10,12H2,(H,23,26)/t17-,20+/m0/s1. The fourth-order valence-corrected chi connectivity index (χ4v) is 4.51. The average Bonchev–Trinajstić information content (AvgIpc) is 3.19. The molecule has 2 aromatic rings. The molecule has 136 valence electrons. The van der Waals surface area contributed by atoms with Crippen molar-refractivity contribution in [3.05, 3.63) is 42.1 Å². The Morgan fingerprint density at radius 2 is 2.19 bits per heavy atom. The smallest absolute Gasteiger partial charge is 0.251 e. The van der Waals surface area contributed by atoms with E-state index < -0.39 is 6.67 Å². The van der Waals surface area contributed by atoms with Crippen LogP contribution < -0.4 is 5.32 Å². The molecule has 4 rings (SSSR count). The number of likely N-dealkylation sites (tertiary alicyclic amines) is 1. The zero-order valence-electron chi connectivity index (χ0n) is 14.6.